The molecule has 0 spiro atoms. The van der Waals surface area contributed by atoms with Crippen molar-refractivity contribution in [3.63, 3.8) is 0 Å². The van der Waals surface area contributed by atoms with Gasteiger partial charge in [0, 0.05) is 11.3 Å². The van der Waals surface area contributed by atoms with Crippen LogP contribution in [-0.4, -0.2) is 19.8 Å². The zero-order chi connectivity index (χ0) is 17.2. The summed E-state index contributed by atoms with van der Waals surface area (Å²) in [7, 11) is 0. The third-order valence-corrected chi connectivity index (χ3v) is 6.04. The SMILES string of the molecule is Cc1ccc(Cc2nn3c(CSc4ccccc4)nnc3s2)cc1C. The van der Waals surface area contributed by atoms with Crippen molar-refractivity contribution < 1.29 is 0 Å². The molecule has 0 aliphatic rings. The third-order valence-electron chi connectivity index (χ3n) is 4.14. The second kappa shape index (κ2) is 6.98. The van der Waals surface area contributed by atoms with Crippen LogP contribution in [0.25, 0.3) is 4.96 Å². The summed E-state index contributed by atoms with van der Waals surface area (Å²) >= 11 is 3.36. The molecular formula is C19H18N4S2. The van der Waals surface area contributed by atoms with E-state index in [2.05, 4.69) is 54.4 Å². The number of hydrogen-bond acceptors (Lipinski definition) is 5. The Hall–Kier alpha value is -2.18. The molecular weight excluding hydrogens is 348 g/mol. The van der Waals surface area contributed by atoms with Crippen molar-refractivity contribution in [1.82, 2.24) is 19.8 Å². The summed E-state index contributed by atoms with van der Waals surface area (Å²) in [6.07, 6.45) is 0.834. The number of thioether (sulfide) groups is 1. The molecule has 0 aliphatic carbocycles. The molecule has 0 N–H and O–H groups in total. The van der Waals surface area contributed by atoms with E-state index in [1.165, 1.54) is 21.6 Å². The van der Waals surface area contributed by atoms with Gasteiger partial charge in [-0.05, 0) is 42.7 Å². The third kappa shape index (κ3) is 3.60. The quantitative estimate of drug-likeness (QED) is 0.481. The van der Waals surface area contributed by atoms with Gasteiger partial charge in [0.25, 0.3) is 0 Å². The number of hydrogen-bond donors (Lipinski definition) is 0. The zero-order valence-corrected chi connectivity index (χ0v) is 15.8. The number of aryl methyl sites for hydroxylation is 2. The zero-order valence-electron chi connectivity index (χ0n) is 14.1. The van der Waals surface area contributed by atoms with E-state index in [4.69, 9.17) is 5.10 Å². The fraction of sp³-hybridized carbons (Fsp3) is 0.211. The number of nitrogens with zero attached hydrogens (tertiary/aromatic N) is 4. The summed E-state index contributed by atoms with van der Waals surface area (Å²) in [5.41, 5.74) is 3.93. The van der Waals surface area contributed by atoms with Crippen molar-refractivity contribution in [2.45, 2.75) is 30.9 Å². The van der Waals surface area contributed by atoms with Gasteiger partial charge in [-0.15, -0.1) is 22.0 Å². The lowest BCUT2D eigenvalue weighted by Gasteiger charge is -2.03. The van der Waals surface area contributed by atoms with E-state index in [1.54, 1.807) is 23.1 Å². The molecule has 0 fully saturated rings. The predicted octanol–water partition coefficient (Wildman–Crippen LogP) is 4.69. The number of benzene rings is 2. The first-order valence-corrected chi connectivity index (χ1v) is 9.93. The van der Waals surface area contributed by atoms with E-state index in [-0.39, 0.29) is 0 Å². The molecule has 2 heterocycles. The normalized spacial score (nSPS) is 11.3. The molecule has 0 aliphatic heterocycles. The van der Waals surface area contributed by atoms with Crippen LogP contribution in [-0.2, 0) is 12.2 Å². The van der Waals surface area contributed by atoms with Crippen LogP contribution in [0.1, 0.15) is 27.5 Å². The van der Waals surface area contributed by atoms with Crippen molar-refractivity contribution in [2.75, 3.05) is 0 Å². The molecule has 4 nitrogen and oxygen atoms in total. The topological polar surface area (TPSA) is 43.1 Å². The Balaban J connectivity index is 1.52. The fourth-order valence-corrected chi connectivity index (χ4v) is 4.32. The van der Waals surface area contributed by atoms with Crippen molar-refractivity contribution in [2.24, 2.45) is 0 Å². The number of rotatable bonds is 5. The minimum Gasteiger partial charge on any atom is -0.186 e. The predicted molar refractivity (Wildman–Crippen MR) is 103 cm³/mol. The smallest absolute Gasteiger partial charge is 0.186 e. The van der Waals surface area contributed by atoms with Gasteiger partial charge in [-0.2, -0.15) is 9.61 Å². The van der Waals surface area contributed by atoms with Gasteiger partial charge >= 0.3 is 0 Å². The van der Waals surface area contributed by atoms with Crippen LogP contribution in [0.15, 0.2) is 53.4 Å². The van der Waals surface area contributed by atoms with Crippen LogP contribution in [0.4, 0.5) is 0 Å². The summed E-state index contributed by atoms with van der Waals surface area (Å²) in [4.78, 5) is 2.09. The Morgan fingerprint density at radius 2 is 1.84 bits per heavy atom. The second-order valence-corrected chi connectivity index (χ2v) is 8.09. The lowest BCUT2D eigenvalue weighted by molar-refractivity contribution is 0.856. The van der Waals surface area contributed by atoms with Crippen LogP contribution in [0, 0.1) is 13.8 Å². The molecule has 2 aromatic carbocycles. The minimum atomic E-state index is 0.762. The lowest BCUT2D eigenvalue weighted by Crippen LogP contribution is -1.96. The number of aromatic nitrogens is 4. The van der Waals surface area contributed by atoms with Gasteiger partial charge in [0.1, 0.15) is 5.01 Å². The maximum absolute atomic E-state index is 4.73. The van der Waals surface area contributed by atoms with Crippen molar-refractivity contribution >= 4 is 28.1 Å². The summed E-state index contributed by atoms with van der Waals surface area (Å²) in [6, 6.07) is 16.9. The number of fused-ring (bicyclic) bond motifs is 1. The van der Waals surface area contributed by atoms with Gasteiger partial charge in [-0.3, -0.25) is 0 Å². The molecule has 0 amide bonds. The van der Waals surface area contributed by atoms with E-state index in [0.29, 0.717) is 0 Å². The molecule has 0 saturated heterocycles. The molecule has 0 saturated carbocycles. The van der Waals surface area contributed by atoms with Crippen LogP contribution in [0.5, 0.6) is 0 Å². The largest absolute Gasteiger partial charge is 0.234 e. The van der Waals surface area contributed by atoms with E-state index in [9.17, 15) is 0 Å². The summed E-state index contributed by atoms with van der Waals surface area (Å²) in [5, 5.41) is 14.4. The monoisotopic (exact) mass is 366 g/mol. The molecule has 4 rings (SSSR count). The Kier molecular flexibility index (Phi) is 4.55. The van der Waals surface area contributed by atoms with Gasteiger partial charge in [-0.25, -0.2) is 0 Å². The van der Waals surface area contributed by atoms with Gasteiger partial charge < -0.3 is 0 Å². The highest BCUT2D eigenvalue weighted by Crippen LogP contribution is 2.24. The molecule has 0 atom stereocenters. The highest BCUT2D eigenvalue weighted by atomic mass is 32.2. The van der Waals surface area contributed by atoms with Crippen LogP contribution < -0.4 is 0 Å². The van der Waals surface area contributed by atoms with E-state index < -0.39 is 0 Å². The van der Waals surface area contributed by atoms with E-state index in [1.807, 2.05) is 22.7 Å². The van der Waals surface area contributed by atoms with Crippen LogP contribution in [0.3, 0.4) is 0 Å². The lowest BCUT2D eigenvalue weighted by atomic mass is 10.0. The molecule has 4 aromatic rings. The van der Waals surface area contributed by atoms with Gasteiger partial charge in [0.15, 0.2) is 5.82 Å². The molecule has 0 unspecified atom stereocenters. The van der Waals surface area contributed by atoms with Crippen molar-refractivity contribution in [3.05, 3.63) is 76.1 Å². The van der Waals surface area contributed by atoms with E-state index >= 15 is 0 Å². The average Bonchev–Trinajstić information content (AvgIpc) is 3.18. The summed E-state index contributed by atoms with van der Waals surface area (Å²) in [6.45, 7) is 4.29. The van der Waals surface area contributed by atoms with Crippen molar-refractivity contribution in [1.29, 1.82) is 0 Å². The van der Waals surface area contributed by atoms with Gasteiger partial charge in [0.05, 0.1) is 5.75 Å². The average molecular weight is 367 g/mol. The molecule has 0 bridgehead atoms. The fourth-order valence-electron chi connectivity index (χ4n) is 2.61. The van der Waals surface area contributed by atoms with E-state index in [0.717, 1.165) is 28.0 Å². The maximum Gasteiger partial charge on any atom is 0.234 e. The highest BCUT2D eigenvalue weighted by molar-refractivity contribution is 7.98. The standard InChI is InChI=1S/C19H18N4S2/c1-13-8-9-15(10-14(13)2)11-18-22-23-17(20-21-19(23)25-18)12-24-16-6-4-3-5-7-16/h3-10H,11-12H2,1-2H3. The molecule has 25 heavy (non-hydrogen) atoms. The van der Waals surface area contributed by atoms with Crippen LogP contribution >= 0.6 is 23.1 Å². The summed E-state index contributed by atoms with van der Waals surface area (Å²) < 4.78 is 1.89. The highest BCUT2D eigenvalue weighted by Gasteiger charge is 2.12. The summed E-state index contributed by atoms with van der Waals surface area (Å²) in [5.74, 6) is 1.66. The van der Waals surface area contributed by atoms with Crippen LogP contribution in [0.2, 0.25) is 0 Å². The Labute approximate surface area is 154 Å². The Morgan fingerprint density at radius 1 is 1.00 bits per heavy atom. The molecule has 0 radical (unpaired) electrons. The first-order valence-electron chi connectivity index (χ1n) is 8.13. The maximum atomic E-state index is 4.73. The Bertz CT molecular complexity index is 1000. The van der Waals surface area contributed by atoms with Gasteiger partial charge in [-0.1, -0.05) is 47.7 Å². The molecule has 2 aromatic heterocycles. The first-order chi connectivity index (χ1) is 12.2. The Morgan fingerprint density at radius 3 is 2.64 bits per heavy atom. The molecule has 6 heteroatoms. The molecule has 126 valence electrons. The first kappa shape index (κ1) is 16.3. The van der Waals surface area contributed by atoms with Crippen molar-refractivity contribution in [3.8, 4) is 0 Å². The second-order valence-electron chi connectivity index (χ2n) is 6.00. The minimum absolute atomic E-state index is 0.762. The van der Waals surface area contributed by atoms with Gasteiger partial charge in [0.2, 0.25) is 4.96 Å².